The van der Waals surface area contributed by atoms with Crippen LogP contribution in [0.3, 0.4) is 0 Å². The van der Waals surface area contributed by atoms with Crippen molar-refractivity contribution in [3.8, 4) is 0 Å². The van der Waals surface area contributed by atoms with E-state index in [1.807, 2.05) is 42.5 Å². The second-order valence-electron chi connectivity index (χ2n) is 5.85. The lowest BCUT2D eigenvalue weighted by Crippen LogP contribution is -2.46. The van der Waals surface area contributed by atoms with E-state index in [0.717, 1.165) is 42.8 Å². The Bertz CT molecular complexity index is 670. The molecule has 2 aromatic carbocycles. The molecule has 0 aliphatic carbocycles. The molecule has 0 bridgehead atoms. The van der Waals surface area contributed by atoms with Gasteiger partial charge in [-0.3, -0.25) is 4.99 Å². The molecule has 1 heterocycles. The van der Waals surface area contributed by atoms with Crippen molar-refractivity contribution in [2.75, 3.05) is 6.54 Å². The van der Waals surface area contributed by atoms with Crippen LogP contribution >= 0.6 is 11.6 Å². The van der Waals surface area contributed by atoms with Crippen molar-refractivity contribution < 1.29 is 5.11 Å². The molecule has 0 saturated heterocycles. The van der Waals surface area contributed by atoms with Crippen molar-refractivity contribution in [2.24, 2.45) is 4.99 Å². The van der Waals surface area contributed by atoms with Crippen LogP contribution in [0.4, 0.5) is 0 Å². The van der Waals surface area contributed by atoms with Crippen LogP contribution in [0.5, 0.6) is 0 Å². The van der Waals surface area contributed by atoms with Gasteiger partial charge in [-0.25, -0.2) is 0 Å². The first-order valence-electron chi connectivity index (χ1n) is 8.04. The fourth-order valence-corrected chi connectivity index (χ4v) is 2.99. The lowest BCUT2D eigenvalue weighted by Gasteiger charge is -2.32. The quantitative estimate of drug-likeness (QED) is 0.833. The summed E-state index contributed by atoms with van der Waals surface area (Å²) in [5, 5.41) is 15.4. The van der Waals surface area contributed by atoms with E-state index in [4.69, 9.17) is 11.6 Å². The van der Waals surface area contributed by atoms with Crippen molar-refractivity contribution in [2.45, 2.75) is 31.4 Å². The summed E-state index contributed by atoms with van der Waals surface area (Å²) in [6, 6.07) is 16.9. The second-order valence-corrected chi connectivity index (χ2v) is 6.28. The molecular formula is C19H21ClN2O. The van der Waals surface area contributed by atoms with E-state index >= 15 is 0 Å². The van der Waals surface area contributed by atoms with E-state index in [-0.39, 0.29) is 0 Å². The fraction of sp³-hybridized carbons (Fsp3) is 0.316. The molecule has 4 heteroatoms. The Morgan fingerprint density at radius 1 is 0.913 bits per heavy atom. The molecule has 0 saturated carbocycles. The maximum atomic E-state index is 11.5. The molecule has 1 aliphatic heterocycles. The predicted molar refractivity (Wildman–Crippen MR) is 94.8 cm³/mol. The van der Waals surface area contributed by atoms with Gasteiger partial charge in [-0.1, -0.05) is 60.5 Å². The SMILES string of the molecule is OC(NC1=NCCCCC1)(c1ccccc1)c1ccc(Cl)cc1. The topological polar surface area (TPSA) is 44.6 Å². The summed E-state index contributed by atoms with van der Waals surface area (Å²) in [6.45, 7) is 0.813. The van der Waals surface area contributed by atoms with Gasteiger partial charge in [0.25, 0.3) is 0 Å². The molecule has 1 atom stereocenters. The molecule has 2 N–H and O–H groups in total. The van der Waals surface area contributed by atoms with E-state index in [0.29, 0.717) is 5.02 Å². The molecule has 0 amide bonds. The van der Waals surface area contributed by atoms with Gasteiger partial charge in [0, 0.05) is 29.1 Å². The minimum absolute atomic E-state index is 0.649. The first-order chi connectivity index (χ1) is 11.2. The van der Waals surface area contributed by atoms with Gasteiger partial charge >= 0.3 is 0 Å². The first-order valence-corrected chi connectivity index (χ1v) is 8.42. The van der Waals surface area contributed by atoms with E-state index in [1.54, 1.807) is 12.1 Å². The maximum absolute atomic E-state index is 11.5. The average molecular weight is 329 g/mol. The third kappa shape index (κ3) is 3.74. The molecule has 23 heavy (non-hydrogen) atoms. The zero-order valence-corrected chi connectivity index (χ0v) is 13.8. The Balaban J connectivity index is 1.99. The van der Waals surface area contributed by atoms with E-state index in [1.165, 1.54) is 6.42 Å². The zero-order valence-electron chi connectivity index (χ0n) is 13.0. The number of halogens is 1. The van der Waals surface area contributed by atoms with Crippen LogP contribution in [0, 0.1) is 0 Å². The summed E-state index contributed by atoms with van der Waals surface area (Å²) in [6.07, 6.45) is 4.25. The number of nitrogens with one attached hydrogen (secondary N) is 1. The number of rotatable bonds is 3. The van der Waals surface area contributed by atoms with Crippen LogP contribution in [0.1, 0.15) is 36.8 Å². The highest BCUT2D eigenvalue weighted by atomic mass is 35.5. The molecular weight excluding hydrogens is 308 g/mol. The van der Waals surface area contributed by atoms with Gasteiger partial charge in [0.1, 0.15) is 0 Å². The molecule has 1 unspecified atom stereocenters. The van der Waals surface area contributed by atoms with Crippen molar-refractivity contribution >= 4 is 17.4 Å². The highest BCUT2D eigenvalue weighted by Crippen LogP contribution is 2.28. The molecule has 3 rings (SSSR count). The van der Waals surface area contributed by atoms with Crippen molar-refractivity contribution in [3.05, 3.63) is 70.7 Å². The minimum atomic E-state index is -1.31. The van der Waals surface area contributed by atoms with Crippen molar-refractivity contribution in [3.63, 3.8) is 0 Å². The maximum Gasteiger partial charge on any atom is 0.189 e. The Kier molecular flexibility index (Phi) is 4.99. The molecule has 0 aromatic heterocycles. The highest BCUT2D eigenvalue weighted by Gasteiger charge is 2.32. The lowest BCUT2D eigenvalue weighted by atomic mass is 9.94. The number of hydrogen-bond acceptors (Lipinski definition) is 3. The van der Waals surface area contributed by atoms with E-state index in [2.05, 4.69) is 10.3 Å². The molecule has 1 aliphatic rings. The number of hydrogen-bond donors (Lipinski definition) is 2. The van der Waals surface area contributed by atoms with Gasteiger partial charge in [0.2, 0.25) is 0 Å². The third-order valence-corrected chi connectivity index (χ3v) is 4.41. The molecule has 0 fully saturated rings. The highest BCUT2D eigenvalue weighted by molar-refractivity contribution is 6.30. The van der Waals surface area contributed by atoms with Gasteiger partial charge < -0.3 is 10.4 Å². The summed E-state index contributed by atoms with van der Waals surface area (Å²) in [5.41, 5.74) is 0.226. The second kappa shape index (κ2) is 7.16. The molecule has 120 valence electrons. The number of aliphatic hydroxyl groups is 1. The normalized spacial score (nSPS) is 17.7. The largest absolute Gasteiger partial charge is 0.363 e. The van der Waals surface area contributed by atoms with Gasteiger partial charge in [-0.2, -0.15) is 0 Å². The predicted octanol–water partition coefficient (Wildman–Crippen LogP) is 4.10. The monoisotopic (exact) mass is 328 g/mol. The van der Waals surface area contributed by atoms with Crippen molar-refractivity contribution in [1.29, 1.82) is 0 Å². The van der Waals surface area contributed by atoms with Gasteiger partial charge in [-0.15, -0.1) is 0 Å². The molecule has 0 radical (unpaired) electrons. The summed E-state index contributed by atoms with van der Waals surface area (Å²) < 4.78 is 0. The van der Waals surface area contributed by atoms with Crippen LogP contribution in [0.2, 0.25) is 5.02 Å². The summed E-state index contributed by atoms with van der Waals surface area (Å²) in [5.74, 6) is 0.865. The average Bonchev–Trinajstić information content (AvgIpc) is 2.85. The van der Waals surface area contributed by atoms with Crippen LogP contribution < -0.4 is 5.32 Å². The van der Waals surface area contributed by atoms with E-state index in [9.17, 15) is 5.11 Å². The smallest absolute Gasteiger partial charge is 0.189 e. The Hall–Kier alpha value is -1.84. The summed E-state index contributed by atoms with van der Waals surface area (Å²) in [7, 11) is 0. The standard InChI is InChI=1S/C19H21ClN2O/c20-17-12-10-16(11-13-17)19(23,15-7-3-1-4-8-15)22-18-9-5-2-6-14-21-18/h1,3-4,7-8,10-13,23H,2,5-6,9,14H2,(H,21,22). The fourth-order valence-electron chi connectivity index (χ4n) is 2.87. The van der Waals surface area contributed by atoms with Crippen LogP contribution in [-0.4, -0.2) is 17.5 Å². The summed E-state index contributed by atoms with van der Waals surface area (Å²) >= 11 is 6.00. The van der Waals surface area contributed by atoms with Crippen LogP contribution in [0.15, 0.2) is 59.6 Å². The minimum Gasteiger partial charge on any atom is -0.363 e. The lowest BCUT2D eigenvalue weighted by molar-refractivity contribution is 0.0639. The molecule has 2 aromatic rings. The number of amidine groups is 1. The van der Waals surface area contributed by atoms with Crippen LogP contribution in [-0.2, 0) is 5.72 Å². The molecule has 0 spiro atoms. The van der Waals surface area contributed by atoms with E-state index < -0.39 is 5.72 Å². The first kappa shape index (κ1) is 16.0. The zero-order chi connectivity index (χ0) is 16.1. The number of nitrogens with zero attached hydrogens (tertiary/aromatic N) is 1. The van der Waals surface area contributed by atoms with Gasteiger partial charge in [-0.05, 0) is 25.0 Å². The summed E-state index contributed by atoms with van der Waals surface area (Å²) in [4.78, 5) is 4.60. The van der Waals surface area contributed by atoms with Gasteiger partial charge in [0.15, 0.2) is 5.72 Å². The van der Waals surface area contributed by atoms with Crippen LogP contribution in [0.25, 0.3) is 0 Å². The van der Waals surface area contributed by atoms with Crippen molar-refractivity contribution in [1.82, 2.24) is 5.32 Å². The Morgan fingerprint density at radius 2 is 1.61 bits per heavy atom. The Labute approximate surface area is 142 Å². The molecule has 3 nitrogen and oxygen atoms in total. The Morgan fingerprint density at radius 3 is 2.35 bits per heavy atom. The number of aliphatic imine (C=N–C) groups is 1. The van der Waals surface area contributed by atoms with Gasteiger partial charge in [0.05, 0.1) is 5.84 Å². The number of benzene rings is 2. The third-order valence-electron chi connectivity index (χ3n) is 4.15.